The van der Waals surface area contributed by atoms with Gasteiger partial charge in [-0.3, -0.25) is 9.59 Å². The Morgan fingerprint density at radius 3 is 2.83 bits per heavy atom. The van der Waals surface area contributed by atoms with Crippen LogP contribution in [0.15, 0.2) is 12.3 Å². The molecule has 3 aliphatic heterocycles. The molecule has 4 heterocycles. The summed E-state index contributed by atoms with van der Waals surface area (Å²) >= 11 is 0. The second kappa shape index (κ2) is 6.14. The number of fused-ring (bicyclic) bond motifs is 4. The van der Waals surface area contributed by atoms with Crippen LogP contribution < -0.4 is 4.90 Å². The molecule has 0 saturated carbocycles. The minimum atomic E-state index is -0.0761. The van der Waals surface area contributed by atoms with E-state index in [2.05, 4.69) is 14.9 Å². The predicted octanol–water partition coefficient (Wildman–Crippen LogP) is 0.300. The lowest BCUT2D eigenvalue weighted by Gasteiger charge is -2.35. The van der Waals surface area contributed by atoms with Crippen molar-refractivity contribution in [1.29, 1.82) is 0 Å². The molecule has 0 spiro atoms. The number of aryl methyl sites for hydroxylation is 1. The van der Waals surface area contributed by atoms with E-state index in [-0.39, 0.29) is 30.3 Å². The molecule has 0 N–H and O–H groups in total. The van der Waals surface area contributed by atoms with Gasteiger partial charge < -0.3 is 14.7 Å². The summed E-state index contributed by atoms with van der Waals surface area (Å²) in [6.07, 6.45) is 3.55. The molecule has 4 rings (SSSR count). The highest BCUT2D eigenvalue weighted by Crippen LogP contribution is 2.30. The van der Waals surface area contributed by atoms with Crippen LogP contribution in [-0.4, -0.2) is 71.4 Å². The van der Waals surface area contributed by atoms with Crippen molar-refractivity contribution in [3.05, 3.63) is 18.0 Å². The summed E-state index contributed by atoms with van der Waals surface area (Å²) in [6.45, 7) is 3.41. The Balaban J connectivity index is 1.82. The number of rotatable bonds is 3. The van der Waals surface area contributed by atoms with E-state index in [0.717, 1.165) is 18.5 Å². The molecular formula is C16H23N5O2. The third-order valence-electron chi connectivity index (χ3n) is 4.66. The predicted molar refractivity (Wildman–Crippen MR) is 85.9 cm³/mol. The van der Waals surface area contributed by atoms with Gasteiger partial charge in [0.25, 0.3) is 0 Å². The molecule has 124 valence electrons. The van der Waals surface area contributed by atoms with Crippen LogP contribution in [0.5, 0.6) is 0 Å². The average Bonchev–Trinajstić information content (AvgIpc) is 2.80. The second-order valence-electron chi connectivity index (χ2n) is 6.59. The van der Waals surface area contributed by atoms with E-state index in [0.29, 0.717) is 19.0 Å². The molecule has 2 amide bonds. The smallest absolute Gasteiger partial charge is 0.241 e. The van der Waals surface area contributed by atoms with Crippen LogP contribution in [0.2, 0.25) is 0 Å². The number of aromatic nitrogens is 2. The molecular weight excluding hydrogens is 294 g/mol. The van der Waals surface area contributed by atoms with E-state index in [1.54, 1.807) is 25.2 Å². The molecule has 3 aliphatic rings. The minimum Gasteiger partial charge on any atom is -0.347 e. The van der Waals surface area contributed by atoms with Gasteiger partial charge in [-0.1, -0.05) is 0 Å². The molecule has 1 aromatic rings. The molecule has 7 nitrogen and oxygen atoms in total. The first-order chi connectivity index (χ1) is 11.0. The number of hydrogen-bond acceptors (Lipinski definition) is 5. The van der Waals surface area contributed by atoms with Gasteiger partial charge in [0.2, 0.25) is 17.8 Å². The van der Waals surface area contributed by atoms with E-state index in [4.69, 9.17) is 0 Å². The van der Waals surface area contributed by atoms with Gasteiger partial charge in [0.15, 0.2) is 0 Å². The average molecular weight is 317 g/mol. The van der Waals surface area contributed by atoms with Crippen molar-refractivity contribution >= 4 is 17.8 Å². The highest BCUT2D eigenvalue weighted by Gasteiger charge is 2.42. The van der Waals surface area contributed by atoms with Gasteiger partial charge in [-0.25, -0.2) is 9.97 Å². The van der Waals surface area contributed by atoms with Gasteiger partial charge in [-0.2, -0.15) is 0 Å². The van der Waals surface area contributed by atoms with Gasteiger partial charge in [0.05, 0.1) is 5.92 Å². The van der Waals surface area contributed by atoms with Gasteiger partial charge in [-0.15, -0.1) is 0 Å². The number of carbonyl (C=O) groups excluding carboxylic acids is 2. The lowest BCUT2D eigenvalue weighted by atomic mass is 9.94. The highest BCUT2D eigenvalue weighted by atomic mass is 16.2. The standard InChI is InChI=1S/C16H23N5O2/c1-11-6-7-17-16(18-11)20-8-12-4-5-13(9-20)21(15(12)23)10-14(22)19(2)3/h6-7,12-13H,4-5,8-10H2,1-3H3/t12-,13+/m1/s1. The van der Waals surface area contributed by atoms with Gasteiger partial charge in [0, 0.05) is 45.1 Å². The van der Waals surface area contributed by atoms with Gasteiger partial charge in [0.1, 0.15) is 6.54 Å². The number of piperidine rings is 1. The summed E-state index contributed by atoms with van der Waals surface area (Å²) in [7, 11) is 3.44. The first kappa shape index (κ1) is 15.7. The SMILES string of the molecule is Cc1ccnc(N2C[C@H]3CC[C@@H](C2)N(CC(=O)N(C)C)C3=O)n1. The Kier molecular flexibility index (Phi) is 4.19. The lowest BCUT2D eigenvalue weighted by Crippen LogP contribution is -2.51. The minimum absolute atomic E-state index is 0.0377. The summed E-state index contributed by atoms with van der Waals surface area (Å²) in [5.41, 5.74) is 0.914. The van der Waals surface area contributed by atoms with E-state index in [1.165, 1.54) is 4.90 Å². The Morgan fingerprint density at radius 2 is 2.13 bits per heavy atom. The zero-order valence-corrected chi connectivity index (χ0v) is 13.9. The summed E-state index contributed by atoms with van der Waals surface area (Å²) in [6, 6.07) is 1.91. The topological polar surface area (TPSA) is 69.6 Å². The number of carbonyl (C=O) groups is 2. The number of anilines is 1. The summed E-state index contributed by atoms with van der Waals surface area (Å²) in [5, 5.41) is 0. The third kappa shape index (κ3) is 3.13. The Hall–Kier alpha value is -2.18. The van der Waals surface area contributed by atoms with Crippen molar-refractivity contribution in [2.24, 2.45) is 5.92 Å². The highest BCUT2D eigenvalue weighted by molar-refractivity contribution is 5.87. The fourth-order valence-corrected chi connectivity index (χ4v) is 3.29. The van der Waals surface area contributed by atoms with E-state index >= 15 is 0 Å². The quantitative estimate of drug-likeness (QED) is 0.802. The molecule has 2 bridgehead atoms. The van der Waals surface area contributed by atoms with Crippen LogP contribution in [-0.2, 0) is 9.59 Å². The van der Waals surface area contributed by atoms with E-state index in [1.807, 2.05) is 13.0 Å². The number of hydrogen-bond donors (Lipinski definition) is 0. The second-order valence-corrected chi connectivity index (χ2v) is 6.59. The molecule has 7 heteroatoms. The molecule has 2 atom stereocenters. The normalized spacial score (nSPS) is 23.9. The fraction of sp³-hybridized carbons (Fsp3) is 0.625. The molecule has 0 aliphatic carbocycles. The van der Waals surface area contributed by atoms with Crippen molar-refractivity contribution in [2.75, 3.05) is 38.6 Å². The summed E-state index contributed by atoms with van der Waals surface area (Å²) in [5.74, 6) is 0.652. The molecule has 23 heavy (non-hydrogen) atoms. The van der Waals surface area contributed by atoms with Gasteiger partial charge >= 0.3 is 0 Å². The van der Waals surface area contributed by atoms with Crippen LogP contribution in [0, 0.1) is 12.8 Å². The van der Waals surface area contributed by atoms with Crippen molar-refractivity contribution < 1.29 is 9.59 Å². The van der Waals surface area contributed by atoms with Crippen molar-refractivity contribution in [2.45, 2.75) is 25.8 Å². The first-order valence-electron chi connectivity index (χ1n) is 8.01. The molecule has 3 saturated heterocycles. The van der Waals surface area contributed by atoms with Crippen molar-refractivity contribution in [3.63, 3.8) is 0 Å². The number of likely N-dealkylation sites (N-methyl/N-ethyl adjacent to an activating group) is 1. The molecule has 3 fully saturated rings. The monoisotopic (exact) mass is 317 g/mol. The number of nitrogens with zero attached hydrogens (tertiary/aromatic N) is 5. The third-order valence-corrected chi connectivity index (χ3v) is 4.66. The van der Waals surface area contributed by atoms with Crippen LogP contribution in [0.3, 0.4) is 0 Å². The Labute approximate surface area is 136 Å². The summed E-state index contributed by atoms with van der Waals surface area (Å²) in [4.78, 5) is 38.9. The zero-order valence-electron chi connectivity index (χ0n) is 13.9. The van der Waals surface area contributed by atoms with Crippen LogP contribution in [0.4, 0.5) is 5.95 Å². The Morgan fingerprint density at radius 1 is 1.35 bits per heavy atom. The maximum atomic E-state index is 12.7. The molecule has 1 aromatic heterocycles. The molecule has 0 unspecified atom stereocenters. The van der Waals surface area contributed by atoms with E-state index < -0.39 is 0 Å². The van der Waals surface area contributed by atoms with Gasteiger partial charge in [-0.05, 0) is 25.8 Å². The van der Waals surface area contributed by atoms with Crippen LogP contribution in [0.1, 0.15) is 18.5 Å². The van der Waals surface area contributed by atoms with E-state index in [9.17, 15) is 9.59 Å². The van der Waals surface area contributed by atoms with Crippen molar-refractivity contribution in [1.82, 2.24) is 19.8 Å². The number of amides is 2. The van der Waals surface area contributed by atoms with Crippen LogP contribution >= 0.6 is 0 Å². The maximum Gasteiger partial charge on any atom is 0.241 e. The Bertz CT molecular complexity index is 618. The lowest BCUT2D eigenvalue weighted by molar-refractivity contribution is -0.145. The zero-order chi connectivity index (χ0) is 16.6. The molecule has 0 aromatic carbocycles. The summed E-state index contributed by atoms with van der Waals surface area (Å²) < 4.78 is 0. The van der Waals surface area contributed by atoms with Crippen molar-refractivity contribution in [3.8, 4) is 0 Å². The molecule has 0 radical (unpaired) electrons. The first-order valence-corrected chi connectivity index (χ1v) is 8.01. The maximum absolute atomic E-state index is 12.7. The van der Waals surface area contributed by atoms with Crippen LogP contribution in [0.25, 0.3) is 0 Å². The fourth-order valence-electron chi connectivity index (χ4n) is 3.29. The largest absolute Gasteiger partial charge is 0.347 e.